The Balaban J connectivity index is 3.74. The maximum atomic E-state index is 11.3. The van der Waals surface area contributed by atoms with Crippen molar-refractivity contribution in [3.8, 4) is 0 Å². The molecular weight excluding hydrogens is 189 g/mol. The van der Waals surface area contributed by atoms with E-state index in [2.05, 4.69) is 8.37 Å². The van der Waals surface area contributed by atoms with Gasteiger partial charge in [0.25, 0.3) is 6.43 Å². The summed E-state index contributed by atoms with van der Waals surface area (Å²) >= 11 is 0. The summed E-state index contributed by atoms with van der Waals surface area (Å²) in [7, 11) is -4.58. The minimum atomic E-state index is -4.58. The Kier molecular flexibility index (Phi) is 4.38. The number of halogens is 3. The van der Waals surface area contributed by atoms with E-state index in [-0.39, 0.29) is 0 Å². The standard InChI is InChI=1S/C3H5F3O4S/c4-2-10-11(7,8)9-1-3(5)6/h3H,1-2H2. The highest BCUT2D eigenvalue weighted by Gasteiger charge is 2.14. The van der Waals surface area contributed by atoms with Gasteiger partial charge in [0, 0.05) is 0 Å². The van der Waals surface area contributed by atoms with Crippen molar-refractivity contribution in [1.29, 1.82) is 0 Å². The van der Waals surface area contributed by atoms with Crippen molar-refractivity contribution in [2.24, 2.45) is 0 Å². The van der Waals surface area contributed by atoms with E-state index in [0.29, 0.717) is 0 Å². The fourth-order valence-electron chi connectivity index (χ4n) is 0.223. The molecule has 11 heavy (non-hydrogen) atoms. The fourth-order valence-corrected chi connectivity index (χ4v) is 0.670. The average molecular weight is 194 g/mol. The first kappa shape index (κ1) is 10.7. The van der Waals surface area contributed by atoms with Crippen LogP contribution in [0.3, 0.4) is 0 Å². The molecule has 0 heterocycles. The van der Waals surface area contributed by atoms with Crippen LogP contribution in [0.25, 0.3) is 0 Å². The molecule has 8 heteroatoms. The van der Waals surface area contributed by atoms with Crippen LogP contribution in [0.4, 0.5) is 13.2 Å². The third-order valence-electron chi connectivity index (χ3n) is 0.527. The average Bonchev–Trinajstić information content (AvgIpc) is 1.84. The summed E-state index contributed by atoms with van der Waals surface area (Å²) in [5.74, 6) is 0. The van der Waals surface area contributed by atoms with Gasteiger partial charge in [-0.1, -0.05) is 0 Å². The number of hydrogen-bond donors (Lipinski definition) is 0. The first-order chi connectivity index (χ1) is 4.98. The topological polar surface area (TPSA) is 52.6 Å². The van der Waals surface area contributed by atoms with E-state index < -0.39 is 30.3 Å². The maximum Gasteiger partial charge on any atom is 0.402 e. The van der Waals surface area contributed by atoms with Gasteiger partial charge < -0.3 is 0 Å². The first-order valence-corrected chi connectivity index (χ1v) is 3.69. The maximum absolute atomic E-state index is 11.3. The third kappa shape index (κ3) is 6.07. The minimum Gasteiger partial charge on any atom is -0.242 e. The molecule has 0 atom stereocenters. The second kappa shape index (κ2) is 4.52. The van der Waals surface area contributed by atoms with Gasteiger partial charge in [-0.15, -0.1) is 0 Å². The van der Waals surface area contributed by atoms with Crippen LogP contribution in [0.1, 0.15) is 0 Å². The van der Waals surface area contributed by atoms with E-state index in [4.69, 9.17) is 0 Å². The minimum absolute atomic E-state index is 1.33. The van der Waals surface area contributed by atoms with E-state index in [1.807, 2.05) is 0 Å². The predicted molar refractivity (Wildman–Crippen MR) is 27.9 cm³/mol. The van der Waals surface area contributed by atoms with Gasteiger partial charge in [-0.05, 0) is 0 Å². The van der Waals surface area contributed by atoms with Crippen molar-refractivity contribution in [3.05, 3.63) is 0 Å². The normalized spacial score (nSPS) is 12.4. The van der Waals surface area contributed by atoms with Gasteiger partial charge in [0.1, 0.15) is 6.61 Å². The zero-order valence-corrected chi connectivity index (χ0v) is 5.98. The highest BCUT2D eigenvalue weighted by atomic mass is 32.3. The fraction of sp³-hybridized carbons (Fsp3) is 1.00. The van der Waals surface area contributed by atoms with E-state index >= 15 is 0 Å². The van der Waals surface area contributed by atoms with Crippen LogP contribution in [-0.2, 0) is 18.8 Å². The van der Waals surface area contributed by atoms with Crippen molar-refractivity contribution in [2.75, 3.05) is 13.5 Å². The lowest BCUT2D eigenvalue weighted by atomic mass is 10.8. The van der Waals surface area contributed by atoms with Crippen molar-refractivity contribution in [3.63, 3.8) is 0 Å². The Morgan fingerprint density at radius 1 is 1.27 bits per heavy atom. The van der Waals surface area contributed by atoms with Crippen LogP contribution in [0.5, 0.6) is 0 Å². The van der Waals surface area contributed by atoms with Crippen molar-refractivity contribution in [2.45, 2.75) is 6.43 Å². The molecule has 0 spiro atoms. The Labute approximate surface area is 61.2 Å². The van der Waals surface area contributed by atoms with Crippen LogP contribution >= 0.6 is 0 Å². The summed E-state index contributed by atoms with van der Waals surface area (Å²) in [6.45, 7) is -2.96. The molecule has 0 radical (unpaired) electrons. The smallest absolute Gasteiger partial charge is 0.242 e. The molecule has 0 saturated carbocycles. The molecule has 68 valence electrons. The molecular formula is C3H5F3O4S. The van der Waals surface area contributed by atoms with E-state index in [0.717, 1.165) is 0 Å². The monoisotopic (exact) mass is 194 g/mol. The molecule has 0 saturated heterocycles. The summed E-state index contributed by atoms with van der Waals surface area (Å²) in [6, 6.07) is 0. The Morgan fingerprint density at radius 2 is 1.82 bits per heavy atom. The number of hydrogen-bond acceptors (Lipinski definition) is 4. The lowest BCUT2D eigenvalue weighted by Crippen LogP contribution is -2.14. The van der Waals surface area contributed by atoms with Gasteiger partial charge in [0.2, 0.25) is 6.86 Å². The molecule has 0 aliphatic rings. The summed E-state index contributed by atoms with van der Waals surface area (Å²) in [6.07, 6.45) is -2.94. The SMILES string of the molecule is O=S(=O)(OCF)OCC(F)F. The summed E-state index contributed by atoms with van der Waals surface area (Å²) in [5.41, 5.74) is 0. The van der Waals surface area contributed by atoms with Crippen molar-refractivity contribution >= 4 is 10.4 Å². The molecule has 0 aromatic rings. The van der Waals surface area contributed by atoms with Gasteiger partial charge in [-0.2, -0.15) is 8.42 Å². The highest BCUT2D eigenvalue weighted by Crippen LogP contribution is 2.00. The number of alkyl halides is 3. The molecule has 0 aromatic heterocycles. The predicted octanol–water partition coefficient (Wildman–Crippen LogP) is 0.457. The van der Waals surface area contributed by atoms with Crippen molar-refractivity contribution in [1.82, 2.24) is 0 Å². The van der Waals surface area contributed by atoms with Gasteiger partial charge in [-0.25, -0.2) is 21.5 Å². The van der Waals surface area contributed by atoms with Crippen LogP contribution < -0.4 is 0 Å². The van der Waals surface area contributed by atoms with Gasteiger partial charge in [0.05, 0.1) is 0 Å². The molecule has 0 bridgehead atoms. The molecule has 0 rings (SSSR count). The van der Waals surface area contributed by atoms with Gasteiger partial charge >= 0.3 is 10.4 Å². The quantitative estimate of drug-likeness (QED) is 0.637. The molecule has 0 unspecified atom stereocenters. The van der Waals surface area contributed by atoms with Gasteiger partial charge in [0.15, 0.2) is 0 Å². The van der Waals surface area contributed by atoms with Gasteiger partial charge in [-0.3, -0.25) is 0 Å². The Hall–Kier alpha value is -0.340. The number of rotatable bonds is 5. The summed E-state index contributed by atoms with van der Waals surface area (Å²) in [5, 5.41) is 0. The van der Waals surface area contributed by atoms with E-state index in [9.17, 15) is 21.6 Å². The molecule has 0 amide bonds. The highest BCUT2D eigenvalue weighted by molar-refractivity contribution is 7.81. The second-order valence-corrected chi connectivity index (χ2v) is 2.60. The molecule has 4 nitrogen and oxygen atoms in total. The van der Waals surface area contributed by atoms with Crippen LogP contribution in [0.15, 0.2) is 0 Å². The van der Waals surface area contributed by atoms with Crippen LogP contribution in [0, 0.1) is 0 Å². The molecule has 0 aromatic carbocycles. The first-order valence-electron chi connectivity index (χ1n) is 2.36. The summed E-state index contributed by atoms with van der Waals surface area (Å²) < 4.78 is 60.7. The lowest BCUT2D eigenvalue weighted by Gasteiger charge is -2.01. The molecule has 0 fully saturated rings. The van der Waals surface area contributed by atoms with Crippen molar-refractivity contribution < 1.29 is 30.0 Å². The Bertz CT molecular complexity index is 189. The lowest BCUT2D eigenvalue weighted by molar-refractivity contribution is 0.0666. The zero-order chi connectivity index (χ0) is 8.91. The second-order valence-electron chi connectivity index (χ2n) is 1.31. The molecule has 0 aliphatic heterocycles. The third-order valence-corrected chi connectivity index (χ3v) is 1.33. The largest absolute Gasteiger partial charge is 0.402 e. The Morgan fingerprint density at radius 3 is 2.18 bits per heavy atom. The van der Waals surface area contributed by atoms with Crippen LogP contribution in [-0.4, -0.2) is 28.3 Å². The van der Waals surface area contributed by atoms with Crippen LogP contribution in [0.2, 0.25) is 0 Å². The molecule has 0 aliphatic carbocycles. The van der Waals surface area contributed by atoms with E-state index in [1.54, 1.807) is 0 Å². The molecule has 0 N–H and O–H groups in total. The van der Waals surface area contributed by atoms with E-state index in [1.165, 1.54) is 0 Å². The summed E-state index contributed by atoms with van der Waals surface area (Å²) in [4.78, 5) is 0. The zero-order valence-electron chi connectivity index (χ0n) is 5.17.